The van der Waals surface area contributed by atoms with Gasteiger partial charge >= 0.3 is 5.97 Å². The fourth-order valence-electron chi connectivity index (χ4n) is 2.05. The minimum Gasteiger partial charge on any atom is -0.469 e. The number of aliphatic hydroxyl groups is 1. The summed E-state index contributed by atoms with van der Waals surface area (Å²) in [6.45, 7) is 2.13. The Morgan fingerprint density at radius 2 is 1.54 bits per heavy atom. The maximum Gasteiger partial charge on any atom is 0.305 e. The van der Waals surface area contributed by atoms with E-state index in [1.54, 1.807) is 0 Å². The van der Waals surface area contributed by atoms with Crippen LogP contribution in [0.1, 0.15) is 64.7 Å². The lowest BCUT2D eigenvalue weighted by molar-refractivity contribution is -0.140. The lowest BCUT2D eigenvalue weighted by Crippen LogP contribution is -2.00. The summed E-state index contributed by atoms with van der Waals surface area (Å²) in [6.07, 6.45) is 24.4. The number of rotatable bonds is 14. The van der Waals surface area contributed by atoms with E-state index in [0.717, 1.165) is 51.4 Å². The van der Waals surface area contributed by atoms with Crippen molar-refractivity contribution in [1.29, 1.82) is 0 Å². The van der Waals surface area contributed by atoms with Crippen molar-refractivity contribution in [3.05, 3.63) is 48.6 Å². The monoisotopic (exact) mass is 334 g/mol. The molecule has 0 aromatic heterocycles. The van der Waals surface area contributed by atoms with Crippen molar-refractivity contribution in [3.8, 4) is 0 Å². The Bertz CT molecular complexity index is 405. The van der Waals surface area contributed by atoms with Crippen LogP contribution in [0.3, 0.4) is 0 Å². The molecule has 0 radical (unpaired) electrons. The van der Waals surface area contributed by atoms with Crippen LogP contribution in [0.2, 0.25) is 0 Å². The molecule has 0 aromatic carbocycles. The van der Waals surface area contributed by atoms with Crippen molar-refractivity contribution in [2.45, 2.75) is 70.8 Å². The zero-order valence-electron chi connectivity index (χ0n) is 15.3. The van der Waals surface area contributed by atoms with Crippen LogP contribution in [0.25, 0.3) is 0 Å². The molecule has 0 spiro atoms. The van der Waals surface area contributed by atoms with E-state index >= 15 is 0 Å². The van der Waals surface area contributed by atoms with Crippen LogP contribution < -0.4 is 0 Å². The van der Waals surface area contributed by atoms with Crippen LogP contribution in [0, 0.1) is 0 Å². The molecule has 0 aromatic rings. The normalized spacial score (nSPS) is 13.6. The van der Waals surface area contributed by atoms with Crippen LogP contribution in [-0.4, -0.2) is 24.3 Å². The van der Waals surface area contributed by atoms with E-state index in [-0.39, 0.29) is 12.1 Å². The number of methoxy groups -OCH3 is 1. The number of carbonyl (C=O) groups is 1. The fraction of sp³-hybridized carbons (Fsp3) is 0.571. The standard InChI is InChI=1S/C21H34O3/c1-3-4-17-20(22)18-15-13-11-9-7-5-6-8-10-12-14-16-19-21(23)24-2/h5-6,9-12,15,18,20,22H,3-4,7-8,13-14,16-17,19H2,1-2H3/b6-5-,11-9-,12-10-,18-15-/t20-/m0/s1. The van der Waals surface area contributed by atoms with Gasteiger partial charge in [0.15, 0.2) is 0 Å². The summed E-state index contributed by atoms with van der Waals surface area (Å²) in [4.78, 5) is 10.9. The van der Waals surface area contributed by atoms with E-state index < -0.39 is 0 Å². The molecule has 1 atom stereocenters. The fourth-order valence-corrected chi connectivity index (χ4v) is 2.05. The lowest BCUT2D eigenvalue weighted by Gasteiger charge is -2.02. The number of unbranched alkanes of at least 4 members (excludes halogenated alkanes) is 2. The van der Waals surface area contributed by atoms with Crippen molar-refractivity contribution in [2.75, 3.05) is 7.11 Å². The van der Waals surface area contributed by atoms with Gasteiger partial charge in [-0.15, -0.1) is 0 Å². The molecular formula is C21H34O3. The van der Waals surface area contributed by atoms with E-state index in [1.165, 1.54) is 7.11 Å². The maximum absolute atomic E-state index is 10.9. The average molecular weight is 335 g/mol. The highest BCUT2D eigenvalue weighted by molar-refractivity contribution is 5.69. The van der Waals surface area contributed by atoms with Gasteiger partial charge in [-0.05, 0) is 38.5 Å². The maximum atomic E-state index is 10.9. The first-order chi connectivity index (χ1) is 11.7. The molecule has 136 valence electrons. The largest absolute Gasteiger partial charge is 0.469 e. The Hall–Kier alpha value is -1.61. The SMILES string of the molecule is CCCC[C@H](O)/C=C\C/C=C\C/C=C\C/C=C\CCCC(=O)OC. The molecule has 0 rings (SSSR count). The highest BCUT2D eigenvalue weighted by Crippen LogP contribution is 2.02. The summed E-state index contributed by atoms with van der Waals surface area (Å²) in [5.41, 5.74) is 0. The van der Waals surface area contributed by atoms with E-state index in [0.29, 0.717) is 6.42 Å². The van der Waals surface area contributed by atoms with Crippen LogP contribution >= 0.6 is 0 Å². The molecule has 1 N–H and O–H groups in total. The number of carbonyl (C=O) groups excluding carboxylic acids is 1. The molecule has 0 aliphatic heterocycles. The van der Waals surface area contributed by atoms with Crippen molar-refractivity contribution >= 4 is 5.97 Å². The van der Waals surface area contributed by atoms with Gasteiger partial charge in [0.2, 0.25) is 0 Å². The molecule has 0 saturated heterocycles. The number of aliphatic hydroxyl groups excluding tert-OH is 1. The third kappa shape index (κ3) is 16.8. The van der Waals surface area contributed by atoms with Gasteiger partial charge in [0.1, 0.15) is 0 Å². The Labute approximate surface area is 147 Å². The topological polar surface area (TPSA) is 46.5 Å². The minimum absolute atomic E-state index is 0.139. The summed E-state index contributed by atoms with van der Waals surface area (Å²) in [6, 6.07) is 0. The van der Waals surface area contributed by atoms with Crippen molar-refractivity contribution < 1.29 is 14.6 Å². The van der Waals surface area contributed by atoms with Gasteiger partial charge in [-0.1, -0.05) is 68.4 Å². The quantitative estimate of drug-likeness (QED) is 0.267. The van der Waals surface area contributed by atoms with E-state index in [1.807, 2.05) is 12.2 Å². The molecular weight excluding hydrogens is 300 g/mol. The molecule has 0 aliphatic carbocycles. The lowest BCUT2D eigenvalue weighted by atomic mass is 10.1. The van der Waals surface area contributed by atoms with E-state index in [2.05, 4.69) is 48.1 Å². The smallest absolute Gasteiger partial charge is 0.305 e. The first-order valence-electron chi connectivity index (χ1n) is 9.07. The van der Waals surface area contributed by atoms with E-state index in [4.69, 9.17) is 0 Å². The Morgan fingerprint density at radius 3 is 2.12 bits per heavy atom. The molecule has 3 heteroatoms. The number of ether oxygens (including phenoxy) is 1. The number of hydrogen-bond acceptors (Lipinski definition) is 3. The molecule has 0 unspecified atom stereocenters. The average Bonchev–Trinajstić information content (AvgIpc) is 2.59. The second-order valence-electron chi connectivity index (χ2n) is 5.73. The molecule has 0 bridgehead atoms. The zero-order valence-corrected chi connectivity index (χ0v) is 15.3. The second-order valence-corrected chi connectivity index (χ2v) is 5.73. The Morgan fingerprint density at radius 1 is 0.958 bits per heavy atom. The number of esters is 1. The van der Waals surface area contributed by atoms with Crippen LogP contribution in [0.4, 0.5) is 0 Å². The summed E-state index contributed by atoms with van der Waals surface area (Å²) in [5.74, 6) is -0.139. The molecule has 0 amide bonds. The third-order valence-electron chi connectivity index (χ3n) is 3.51. The molecule has 3 nitrogen and oxygen atoms in total. The third-order valence-corrected chi connectivity index (χ3v) is 3.51. The van der Waals surface area contributed by atoms with Gasteiger partial charge in [-0.25, -0.2) is 0 Å². The van der Waals surface area contributed by atoms with Gasteiger partial charge in [0.25, 0.3) is 0 Å². The summed E-state index contributed by atoms with van der Waals surface area (Å²) in [5, 5.41) is 9.65. The zero-order chi connectivity index (χ0) is 17.9. The predicted octanol–water partition coefficient (Wildman–Crippen LogP) is 5.28. The molecule has 0 saturated carbocycles. The predicted molar refractivity (Wildman–Crippen MR) is 102 cm³/mol. The molecule has 24 heavy (non-hydrogen) atoms. The summed E-state index contributed by atoms with van der Waals surface area (Å²) in [7, 11) is 1.42. The summed E-state index contributed by atoms with van der Waals surface area (Å²) < 4.78 is 4.59. The van der Waals surface area contributed by atoms with Gasteiger partial charge < -0.3 is 9.84 Å². The molecule has 0 fully saturated rings. The molecule has 0 heterocycles. The highest BCUT2D eigenvalue weighted by atomic mass is 16.5. The number of hydrogen-bond donors (Lipinski definition) is 1. The van der Waals surface area contributed by atoms with Crippen molar-refractivity contribution in [2.24, 2.45) is 0 Å². The molecule has 0 aliphatic rings. The van der Waals surface area contributed by atoms with Crippen molar-refractivity contribution in [3.63, 3.8) is 0 Å². The Balaban J connectivity index is 3.54. The number of allylic oxidation sites excluding steroid dienone is 7. The first kappa shape index (κ1) is 22.4. The van der Waals surface area contributed by atoms with Crippen molar-refractivity contribution in [1.82, 2.24) is 0 Å². The second kappa shape index (κ2) is 17.7. The minimum atomic E-state index is -0.294. The summed E-state index contributed by atoms with van der Waals surface area (Å²) >= 11 is 0. The van der Waals surface area contributed by atoms with Crippen LogP contribution in [-0.2, 0) is 9.53 Å². The Kier molecular flexibility index (Phi) is 16.5. The van der Waals surface area contributed by atoms with Gasteiger partial charge in [-0.2, -0.15) is 0 Å². The first-order valence-corrected chi connectivity index (χ1v) is 9.07. The van der Waals surface area contributed by atoms with Gasteiger partial charge in [-0.3, -0.25) is 4.79 Å². The van der Waals surface area contributed by atoms with Gasteiger partial charge in [0.05, 0.1) is 13.2 Å². The van der Waals surface area contributed by atoms with Gasteiger partial charge in [0, 0.05) is 6.42 Å². The van der Waals surface area contributed by atoms with Crippen LogP contribution in [0.15, 0.2) is 48.6 Å². The van der Waals surface area contributed by atoms with Crippen LogP contribution in [0.5, 0.6) is 0 Å². The van der Waals surface area contributed by atoms with E-state index in [9.17, 15) is 9.90 Å². The highest BCUT2D eigenvalue weighted by Gasteiger charge is 1.96.